The van der Waals surface area contributed by atoms with Gasteiger partial charge in [0, 0.05) is 0 Å². The van der Waals surface area contributed by atoms with Crippen molar-refractivity contribution in [3.05, 3.63) is 39.5 Å². The Morgan fingerprint density at radius 2 is 2.00 bits per heavy atom. The fourth-order valence-electron chi connectivity index (χ4n) is 1.94. The van der Waals surface area contributed by atoms with E-state index in [1.807, 2.05) is 18.2 Å². The van der Waals surface area contributed by atoms with Gasteiger partial charge in [-0.05, 0) is 0 Å². The summed E-state index contributed by atoms with van der Waals surface area (Å²) in [5.74, 6) is 0.199. The summed E-state index contributed by atoms with van der Waals surface area (Å²) < 4.78 is 12.7. The molecule has 2 rings (SSSR count). The van der Waals surface area contributed by atoms with E-state index in [0.717, 1.165) is 8.26 Å². The van der Waals surface area contributed by atoms with E-state index in [1.54, 1.807) is 13.8 Å². The molecule has 0 bridgehead atoms. The first-order valence-electron chi connectivity index (χ1n) is 7.04. The van der Waals surface area contributed by atoms with Crippen molar-refractivity contribution in [3.63, 3.8) is 0 Å². The summed E-state index contributed by atoms with van der Waals surface area (Å²) >= 11 is -0.292. The molecule has 0 saturated heterocycles. The molecule has 120 valence electrons. The molecule has 5 nitrogen and oxygen atoms in total. The summed E-state index contributed by atoms with van der Waals surface area (Å²) in [4.78, 5) is 16.5. The summed E-state index contributed by atoms with van der Waals surface area (Å²) in [5.41, 5.74) is 1.54. The molecule has 1 aromatic carbocycles. The Bertz CT molecular complexity index is 674. The van der Waals surface area contributed by atoms with Crippen LogP contribution >= 0.6 is 0 Å². The van der Waals surface area contributed by atoms with Crippen molar-refractivity contribution in [2.75, 3.05) is 27.7 Å². The number of halogens is 1. The summed E-state index contributed by atoms with van der Waals surface area (Å²) in [7, 11) is 6.51. The van der Waals surface area contributed by atoms with E-state index in [2.05, 4.69) is 32.2 Å². The number of benzene rings is 1. The number of aryl methyl sites for hydroxylation is 1. The van der Waals surface area contributed by atoms with Gasteiger partial charge in [-0.3, -0.25) is 0 Å². The van der Waals surface area contributed by atoms with Gasteiger partial charge in [-0.15, -0.1) is 0 Å². The molecule has 0 atom stereocenters. The van der Waals surface area contributed by atoms with Crippen LogP contribution in [0.4, 0.5) is 0 Å². The van der Waals surface area contributed by atoms with Gasteiger partial charge in [0.2, 0.25) is 0 Å². The maximum atomic E-state index is 12.1. The first-order valence-corrected chi connectivity index (χ1v) is 9.08. The van der Waals surface area contributed by atoms with Gasteiger partial charge in [-0.1, -0.05) is 0 Å². The Morgan fingerprint density at radius 3 is 2.64 bits per heavy atom. The quantitative estimate of drug-likeness (QED) is 0.382. The molecule has 0 unspecified atom stereocenters. The van der Waals surface area contributed by atoms with Crippen LogP contribution in [0, 0.1) is 10.5 Å². The van der Waals surface area contributed by atoms with Crippen molar-refractivity contribution in [1.82, 2.24) is 4.98 Å². The second-order valence-corrected chi connectivity index (χ2v) is 10.1. The van der Waals surface area contributed by atoms with Crippen LogP contribution < -0.4 is 21.5 Å². The summed E-state index contributed by atoms with van der Waals surface area (Å²) in [5, 5.41) is 0. The molecule has 0 amide bonds. The molecule has 0 aliphatic heterocycles. The Labute approximate surface area is 141 Å². The fraction of sp³-hybridized carbons (Fsp3) is 0.375. The number of quaternary nitrogens is 1. The molecule has 22 heavy (non-hydrogen) atoms. The molecule has 1 aromatic heterocycles. The molecule has 0 fully saturated rings. The Morgan fingerprint density at radius 1 is 1.32 bits per heavy atom. The molecule has 0 N–H and O–H groups in total. The third-order valence-corrected chi connectivity index (χ3v) is 5.58. The number of hydrogen-bond donors (Lipinski definition) is 0. The second kappa shape index (κ2) is 6.78. The average molecular weight is 416 g/mol. The molecule has 0 aliphatic rings. The number of oxazole rings is 1. The number of ether oxygens (including phenoxy) is 1. The van der Waals surface area contributed by atoms with Gasteiger partial charge >= 0.3 is 141 Å². The molecule has 0 aliphatic carbocycles. The zero-order valence-corrected chi connectivity index (χ0v) is 15.7. The van der Waals surface area contributed by atoms with E-state index in [4.69, 9.17) is 9.15 Å². The molecule has 0 spiro atoms. The summed E-state index contributed by atoms with van der Waals surface area (Å²) in [6.07, 6.45) is 0. The van der Waals surface area contributed by atoms with E-state index in [0.29, 0.717) is 18.2 Å². The first kappa shape index (κ1) is 17.0. The number of carbonyl (C=O) groups excluding carboxylic acids is 1. The average Bonchev–Trinajstić information content (AvgIpc) is 2.80. The van der Waals surface area contributed by atoms with E-state index in [1.165, 1.54) is 3.57 Å². The number of esters is 1. The van der Waals surface area contributed by atoms with Gasteiger partial charge in [-0.25, -0.2) is 0 Å². The van der Waals surface area contributed by atoms with Gasteiger partial charge < -0.3 is 0 Å². The third-order valence-electron chi connectivity index (χ3n) is 2.67. The summed E-state index contributed by atoms with van der Waals surface area (Å²) in [6, 6.07) is 8.07. The third kappa shape index (κ3) is 4.07. The number of rotatable bonds is 5. The van der Waals surface area contributed by atoms with Crippen LogP contribution in [-0.4, -0.2) is 41.4 Å². The standard InChI is InChI=1S/C16H21IN2O3/c1-6-21-16(20)15-14(18-11(2)22-15)12-9-7-8-10-13(12)17-19(3,4)5/h7-10H,6H2,1-5H3. The molecule has 6 heteroatoms. The van der Waals surface area contributed by atoms with Gasteiger partial charge in [0.05, 0.1) is 0 Å². The monoisotopic (exact) mass is 416 g/mol. The van der Waals surface area contributed by atoms with Crippen LogP contribution in [0.2, 0.25) is 0 Å². The first-order chi connectivity index (χ1) is 10.3. The summed E-state index contributed by atoms with van der Waals surface area (Å²) in [6.45, 7) is 3.83. The van der Waals surface area contributed by atoms with E-state index < -0.39 is 5.97 Å². The van der Waals surface area contributed by atoms with Crippen molar-refractivity contribution >= 4 is 5.97 Å². The zero-order chi connectivity index (χ0) is 16.3. The maximum absolute atomic E-state index is 12.1. The van der Waals surface area contributed by atoms with Gasteiger partial charge in [-0.2, -0.15) is 0 Å². The van der Waals surface area contributed by atoms with Gasteiger partial charge in [0.1, 0.15) is 0 Å². The van der Waals surface area contributed by atoms with E-state index in [-0.39, 0.29) is 27.2 Å². The zero-order valence-electron chi connectivity index (χ0n) is 13.5. The van der Waals surface area contributed by atoms with Crippen molar-refractivity contribution in [3.8, 4) is 11.3 Å². The van der Waals surface area contributed by atoms with Crippen LogP contribution in [0.15, 0.2) is 28.7 Å². The number of hydrogen-bond acceptors (Lipinski definition) is 4. The van der Waals surface area contributed by atoms with Crippen LogP contribution in [-0.2, 0) is 4.74 Å². The molecular weight excluding hydrogens is 395 g/mol. The number of nitrogens with zero attached hydrogens (tertiary/aromatic N) is 2. The van der Waals surface area contributed by atoms with Crippen LogP contribution in [0.3, 0.4) is 0 Å². The topological polar surface area (TPSA) is 52.3 Å². The predicted octanol–water partition coefficient (Wildman–Crippen LogP) is -0.293. The number of aromatic nitrogens is 1. The minimum atomic E-state index is -0.462. The van der Waals surface area contributed by atoms with E-state index >= 15 is 0 Å². The fourth-order valence-corrected chi connectivity index (χ4v) is 4.57. The minimum absolute atomic E-state index is 0.192. The Balaban J connectivity index is 2.51. The Kier molecular flexibility index (Phi) is 5.23. The van der Waals surface area contributed by atoms with Crippen LogP contribution in [0.1, 0.15) is 23.4 Å². The van der Waals surface area contributed by atoms with Crippen molar-refractivity contribution in [1.29, 1.82) is 0 Å². The van der Waals surface area contributed by atoms with Gasteiger partial charge in [0.15, 0.2) is 0 Å². The predicted molar refractivity (Wildman–Crippen MR) is 79.4 cm³/mol. The van der Waals surface area contributed by atoms with Crippen molar-refractivity contribution in [2.24, 2.45) is 0 Å². The van der Waals surface area contributed by atoms with Crippen molar-refractivity contribution in [2.45, 2.75) is 13.8 Å². The van der Waals surface area contributed by atoms with E-state index in [9.17, 15) is 4.79 Å². The SMILES string of the molecule is CCOC(=O)c1oc(C)nc1-c1ccccc1[I-][N+](C)(C)C. The van der Waals surface area contributed by atoms with Gasteiger partial charge in [0.25, 0.3) is 0 Å². The molecule has 0 saturated carbocycles. The number of carbonyl (C=O) groups is 1. The molecule has 0 radical (unpaired) electrons. The Hall–Kier alpha value is -1.41. The molecule has 1 heterocycles. The second-order valence-electron chi connectivity index (χ2n) is 5.54. The molecule has 2 aromatic rings. The molecular formula is C16H21IN2O3. The van der Waals surface area contributed by atoms with Crippen LogP contribution in [0.5, 0.6) is 0 Å². The normalized spacial score (nSPS) is 11.7. The van der Waals surface area contributed by atoms with Crippen molar-refractivity contribution < 1.29 is 38.1 Å². The van der Waals surface area contributed by atoms with Crippen LogP contribution in [0.25, 0.3) is 11.3 Å².